The molecule has 0 spiro atoms. The molecule has 1 aromatic rings. The number of hydrogen-bond acceptors (Lipinski definition) is 2. The van der Waals surface area contributed by atoms with Crippen LogP contribution >= 0.6 is 11.6 Å². The molecule has 88 valence electrons. The minimum atomic E-state index is -0.105. The average Bonchev–Trinajstić information content (AvgIpc) is 2.33. The molecule has 1 fully saturated rings. The van der Waals surface area contributed by atoms with Crippen LogP contribution in [0, 0.1) is 0 Å². The molecule has 0 amide bonds. The third-order valence-electron chi connectivity index (χ3n) is 3.15. The van der Waals surface area contributed by atoms with Gasteiger partial charge in [0.25, 0.3) is 0 Å². The molecule has 1 aliphatic heterocycles. The van der Waals surface area contributed by atoms with Crippen LogP contribution in [0.3, 0.4) is 0 Å². The van der Waals surface area contributed by atoms with Crippen LogP contribution in [0.15, 0.2) is 18.3 Å². The van der Waals surface area contributed by atoms with Crippen molar-refractivity contribution in [1.82, 2.24) is 9.88 Å². The molecule has 1 aliphatic rings. The Morgan fingerprint density at radius 2 is 2.25 bits per heavy atom. The SMILES string of the molecule is CCN1CCC([AsH]c2cccnc2Cl)CC1. The number of likely N-dealkylation sites (tertiary alicyclic amines) is 1. The number of aromatic nitrogens is 1. The summed E-state index contributed by atoms with van der Waals surface area (Å²) in [5, 5.41) is 0.737. The minimum absolute atomic E-state index is 0.105. The fraction of sp³-hybridized carbons (Fsp3) is 0.583. The summed E-state index contributed by atoms with van der Waals surface area (Å²) in [5.41, 5.74) is 0. The monoisotopic (exact) mass is 300 g/mol. The van der Waals surface area contributed by atoms with E-state index in [0.717, 1.165) is 9.86 Å². The van der Waals surface area contributed by atoms with E-state index in [2.05, 4.69) is 22.9 Å². The molecule has 0 saturated carbocycles. The molecule has 0 N–H and O–H groups in total. The summed E-state index contributed by atoms with van der Waals surface area (Å²) in [6, 6.07) is 4.16. The van der Waals surface area contributed by atoms with Crippen molar-refractivity contribution in [3.05, 3.63) is 23.5 Å². The number of rotatable bonds is 3. The summed E-state index contributed by atoms with van der Waals surface area (Å²) >= 11 is 6.00. The van der Waals surface area contributed by atoms with Crippen molar-refractivity contribution in [3.63, 3.8) is 0 Å². The van der Waals surface area contributed by atoms with Crippen LogP contribution in [-0.4, -0.2) is 45.3 Å². The van der Waals surface area contributed by atoms with Gasteiger partial charge in [0, 0.05) is 0 Å². The topological polar surface area (TPSA) is 16.1 Å². The summed E-state index contributed by atoms with van der Waals surface area (Å²) in [5.74, 6) is 0. The molecule has 1 unspecified atom stereocenters. The van der Waals surface area contributed by atoms with Crippen LogP contribution < -0.4 is 4.35 Å². The van der Waals surface area contributed by atoms with Gasteiger partial charge >= 0.3 is 109 Å². The van der Waals surface area contributed by atoms with Crippen molar-refractivity contribution in [2.45, 2.75) is 24.5 Å². The van der Waals surface area contributed by atoms with Crippen molar-refractivity contribution < 1.29 is 0 Å². The molecule has 0 aromatic carbocycles. The van der Waals surface area contributed by atoms with Gasteiger partial charge in [-0.1, -0.05) is 0 Å². The summed E-state index contributed by atoms with van der Waals surface area (Å²) in [7, 11) is 0. The van der Waals surface area contributed by atoms with E-state index in [9.17, 15) is 0 Å². The molecule has 0 radical (unpaired) electrons. The van der Waals surface area contributed by atoms with Gasteiger partial charge in [0.1, 0.15) is 0 Å². The first-order chi connectivity index (χ1) is 7.79. The maximum atomic E-state index is 6.11. The van der Waals surface area contributed by atoms with Crippen LogP contribution in [0.2, 0.25) is 9.86 Å². The average molecular weight is 301 g/mol. The molecule has 1 atom stereocenters. The molecule has 4 heteroatoms. The van der Waals surface area contributed by atoms with E-state index in [-0.39, 0.29) is 15.8 Å². The number of halogens is 1. The molecule has 1 saturated heterocycles. The van der Waals surface area contributed by atoms with Gasteiger partial charge in [-0.05, 0) is 0 Å². The molecule has 1 aromatic heterocycles. The number of piperidine rings is 1. The Hall–Kier alpha value is -0.0416. The van der Waals surface area contributed by atoms with Crippen molar-refractivity contribution in [2.75, 3.05) is 19.6 Å². The van der Waals surface area contributed by atoms with Gasteiger partial charge in [0.2, 0.25) is 0 Å². The van der Waals surface area contributed by atoms with Crippen molar-refractivity contribution in [3.8, 4) is 0 Å². The van der Waals surface area contributed by atoms with Crippen molar-refractivity contribution in [2.24, 2.45) is 0 Å². The Kier molecular flexibility index (Phi) is 4.69. The van der Waals surface area contributed by atoms with Crippen LogP contribution in [-0.2, 0) is 0 Å². The van der Waals surface area contributed by atoms with Gasteiger partial charge < -0.3 is 0 Å². The van der Waals surface area contributed by atoms with E-state index in [1.807, 2.05) is 6.07 Å². The Balaban J connectivity index is 1.89. The zero-order chi connectivity index (χ0) is 11.4. The van der Waals surface area contributed by atoms with Gasteiger partial charge in [-0.2, -0.15) is 0 Å². The number of pyridine rings is 1. The third-order valence-corrected chi connectivity index (χ3v) is 7.35. The van der Waals surface area contributed by atoms with E-state index in [1.54, 1.807) is 6.20 Å². The van der Waals surface area contributed by atoms with Crippen LogP contribution in [0.4, 0.5) is 0 Å². The number of nitrogens with zero attached hydrogens (tertiary/aromatic N) is 2. The Morgan fingerprint density at radius 1 is 1.50 bits per heavy atom. The molecule has 2 nitrogen and oxygen atoms in total. The van der Waals surface area contributed by atoms with Crippen molar-refractivity contribution >= 4 is 31.7 Å². The molecular formula is C12H18AsClN2. The second-order valence-electron chi connectivity index (χ2n) is 4.19. The zero-order valence-corrected chi connectivity index (χ0v) is 12.5. The molecule has 0 aliphatic carbocycles. The summed E-state index contributed by atoms with van der Waals surface area (Å²) < 4.78 is 2.24. The fourth-order valence-electron chi connectivity index (χ4n) is 2.11. The maximum absolute atomic E-state index is 6.11. The first kappa shape index (κ1) is 12.4. The van der Waals surface area contributed by atoms with Crippen LogP contribution in [0.25, 0.3) is 0 Å². The predicted molar refractivity (Wildman–Crippen MR) is 71.1 cm³/mol. The van der Waals surface area contributed by atoms with E-state index >= 15 is 0 Å². The quantitative estimate of drug-likeness (QED) is 0.624. The molecule has 0 bridgehead atoms. The molecular weight excluding hydrogens is 283 g/mol. The summed E-state index contributed by atoms with van der Waals surface area (Å²) in [6.45, 7) is 5.97. The third kappa shape index (κ3) is 3.23. The standard InChI is InChI=1S/C12H18AsClN2/c1-2-16-8-5-10(6-9-16)13-11-4-3-7-15-12(11)14/h3-4,7,10,13H,2,5-6,8-9H2,1H3. The number of hydrogen-bond donors (Lipinski definition) is 0. The predicted octanol–water partition coefficient (Wildman–Crippen LogP) is 1.70. The molecule has 16 heavy (non-hydrogen) atoms. The van der Waals surface area contributed by atoms with Gasteiger partial charge in [-0.15, -0.1) is 0 Å². The second-order valence-corrected chi connectivity index (χ2v) is 8.00. The van der Waals surface area contributed by atoms with E-state index in [0.29, 0.717) is 0 Å². The summed E-state index contributed by atoms with van der Waals surface area (Å²) in [4.78, 5) is 6.70. The van der Waals surface area contributed by atoms with Crippen molar-refractivity contribution in [1.29, 1.82) is 0 Å². The van der Waals surface area contributed by atoms with Crippen LogP contribution in [0.5, 0.6) is 0 Å². The zero-order valence-electron chi connectivity index (χ0n) is 9.62. The van der Waals surface area contributed by atoms with Gasteiger partial charge in [0.05, 0.1) is 0 Å². The normalized spacial score (nSPS) is 19.6. The van der Waals surface area contributed by atoms with E-state index in [1.165, 1.54) is 36.8 Å². The van der Waals surface area contributed by atoms with E-state index < -0.39 is 0 Å². The van der Waals surface area contributed by atoms with Gasteiger partial charge in [0.15, 0.2) is 0 Å². The Labute approximate surface area is 109 Å². The van der Waals surface area contributed by atoms with Gasteiger partial charge in [-0.25, -0.2) is 0 Å². The first-order valence-electron chi connectivity index (χ1n) is 5.89. The second kappa shape index (κ2) is 6.04. The molecule has 2 rings (SSSR count). The summed E-state index contributed by atoms with van der Waals surface area (Å²) in [6.07, 6.45) is 4.47. The van der Waals surface area contributed by atoms with Crippen LogP contribution in [0.1, 0.15) is 19.8 Å². The fourth-order valence-corrected chi connectivity index (χ4v) is 5.37. The Bertz CT molecular complexity index is 338. The van der Waals surface area contributed by atoms with E-state index in [4.69, 9.17) is 11.6 Å². The molecule has 2 heterocycles. The Morgan fingerprint density at radius 3 is 2.88 bits per heavy atom. The van der Waals surface area contributed by atoms with Gasteiger partial charge in [-0.3, -0.25) is 0 Å². The first-order valence-corrected chi connectivity index (χ1v) is 8.53.